The summed E-state index contributed by atoms with van der Waals surface area (Å²) in [6.07, 6.45) is 4.21. The molecule has 0 spiro atoms. The molecular formula is C16H26BrNO. The highest BCUT2D eigenvalue weighted by molar-refractivity contribution is 9.10. The average Bonchev–Trinajstić information content (AvgIpc) is 2.43. The monoisotopic (exact) mass is 327 g/mol. The predicted molar refractivity (Wildman–Crippen MR) is 85.7 cm³/mol. The second-order valence-electron chi connectivity index (χ2n) is 5.12. The molecule has 0 aliphatic heterocycles. The van der Waals surface area contributed by atoms with Crippen LogP contribution in [0.5, 0.6) is 5.75 Å². The maximum absolute atomic E-state index is 6.03. The predicted octanol–water partition coefficient (Wildman–Crippen LogP) is 4.54. The number of nitrogens with two attached hydrogens (primary N) is 1. The molecule has 0 radical (unpaired) electrons. The number of hydrogen-bond donors (Lipinski definition) is 1. The van der Waals surface area contributed by atoms with Crippen LogP contribution >= 0.6 is 15.9 Å². The van der Waals surface area contributed by atoms with E-state index in [2.05, 4.69) is 48.8 Å². The van der Waals surface area contributed by atoms with Gasteiger partial charge < -0.3 is 10.5 Å². The van der Waals surface area contributed by atoms with Gasteiger partial charge in [0.05, 0.1) is 6.61 Å². The van der Waals surface area contributed by atoms with Gasteiger partial charge in [-0.1, -0.05) is 49.5 Å². The van der Waals surface area contributed by atoms with E-state index in [-0.39, 0.29) is 6.04 Å². The molecule has 0 aliphatic carbocycles. The lowest BCUT2D eigenvalue weighted by Gasteiger charge is -2.16. The first-order valence-corrected chi connectivity index (χ1v) is 8.06. The summed E-state index contributed by atoms with van der Waals surface area (Å²) in [6.45, 7) is 7.34. The number of benzene rings is 1. The molecule has 1 atom stereocenters. The van der Waals surface area contributed by atoms with Gasteiger partial charge in [-0.25, -0.2) is 0 Å². The molecule has 1 rings (SSSR count). The first-order valence-electron chi connectivity index (χ1n) is 7.27. The standard InChI is InChI=1S/C16H26BrNO/c1-4-12(5-2)11-19-15-7-8-16(17)13(10-15)9-14(18)6-3/h7-8,10,12,14H,4-6,9,11,18H2,1-3H3. The fourth-order valence-electron chi connectivity index (χ4n) is 1.96. The number of halogens is 1. The molecule has 0 saturated carbocycles. The van der Waals surface area contributed by atoms with Gasteiger partial charge in [0.25, 0.3) is 0 Å². The fourth-order valence-corrected chi connectivity index (χ4v) is 2.37. The summed E-state index contributed by atoms with van der Waals surface area (Å²) < 4.78 is 7.02. The highest BCUT2D eigenvalue weighted by Crippen LogP contribution is 2.24. The zero-order valence-corrected chi connectivity index (χ0v) is 13.9. The fraction of sp³-hybridized carbons (Fsp3) is 0.625. The van der Waals surface area contributed by atoms with E-state index in [0.29, 0.717) is 5.92 Å². The maximum atomic E-state index is 6.03. The van der Waals surface area contributed by atoms with Crippen LogP contribution in [0.3, 0.4) is 0 Å². The van der Waals surface area contributed by atoms with Gasteiger partial charge in [0.2, 0.25) is 0 Å². The molecule has 0 bridgehead atoms. The largest absolute Gasteiger partial charge is 0.493 e. The van der Waals surface area contributed by atoms with Gasteiger partial charge in [-0.05, 0) is 42.5 Å². The highest BCUT2D eigenvalue weighted by atomic mass is 79.9. The zero-order chi connectivity index (χ0) is 14.3. The van der Waals surface area contributed by atoms with E-state index in [1.807, 2.05) is 6.07 Å². The molecule has 0 aliphatic rings. The van der Waals surface area contributed by atoms with Crippen molar-refractivity contribution in [3.63, 3.8) is 0 Å². The van der Waals surface area contributed by atoms with E-state index in [1.54, 1.807) is 0 Å². The summed E-state index contributed by atoms with van der Waals surface area (Å²) in [7, 11) is 0. The molecule has 0 aromatic heterocycles. The molecule has 3 heteroatoms. The van der Waals surface area contributed by atoms with Gasteiger partial charge in [-0.3, -0.25) is 0 Å². The zero-order valence-electron chi connectivity index (χ0n) is 12.3. The highest BCUT2D eigenvalue weighted by Gasteiger charge is 2.09. The Morgan fingerprint density at radius 2 is 1.84 bits per heavy atom. The van der Waals surface area contributed by atoms with Gasteiger partial charge in [0.1, 0.15) is 5.75 Å². The van der Waals surface area contributed by atoms with Crippen LogP contribution < -0.4 is 10.5 Å². The Hall–Kier alpha value is -0.540. The molecule has 0 fully saturated rings. The molecule has 1 unspecified atom stereocenters. The number of hydrogen-bond acceptors (Lipinski definition) is 2. The summed E-state index contributed by atoms with van der Waals surface area (Å²) in [5.74, 6) is 1.60. The van der Waals surface area contributed by atoms with Crippen molar-refractivity contribution < 1.29 is 4.74 Å². The van der Waals surface area contributed by atoms with Crippen molar-refractivity contribution in [3.05, 3.63) is 28.2 Å². The molecule has 1 aromatic rings. The molecular weight excluding hydrogens is 302 g/mol. The van der Waals surface area contributed by atoms with E-state index in [0.717, 1.165) is 29.7 Å². The molecule has 0 amide bonds. The topological polar surface area (TPSA) is 35.2 Å². The van der Waals surface area contributed by atoms with Crippen LogP contribution in [0.25, 0.3) is 0 Å². The van der Waals surface area contributed by atoms with Crippen molar-refractivity contribution >= 4 is 15.9 Å². The van der Waals surface area contributed by atoms with Crippen LogP contribution in [0.1, 0.15) is 45.6 Å². The second-order valence-corrected chi connectivity index (χ2v) is 5.97. The summed E-state index contributed by atoms with van der Waals surface area (Å²) in [5, 5.41) is 0. The van der Waals surface area contributed by atoms with Crippen molar-refractivity contribution in [1.29, 1.82) is 0 Å². The molecule has 2 nitrogen and oxygen atoms in total. The second kappa shape index (κ2) is 8.60. The van der Waals surface area contributed by atoms with E-state index in [1.165, 1.54) is 18.4 Å². The third-order valence-electron chi connectivity index (χ3n) is 3.66. The molecule has 0 saturated heterocycles. The van der Waals surface area contributed by atoms with Crippen molar-refractivity contribution in [3.8, 4) is 5.75 Å². The van der Waals surface area contributed by atoms with E-state index >= 15 is 0 Å². The van der Waals surface area contributed by atoms with Crippen molar-refractivity contribution in [2.45, 2.75) is 52.5 Å². The molecule has 0 heterocycles. The van der Waals surface area contributed by atoms with E-state index < -0.39 is 0 Å². The Morgan fingerprint density at radius 3 is 2.42 bits per heavy atom. The van der Waals surface area contributed by atoms with Gasteiger partial charge in [-0.2, -0.15) is 0 Å². The molecule has 108 valence electrons. The van der Waals surface area contributed by atoms with Crippen LogP contribution in [0.4, 0.5) is 0 Å². The summed E-state index contributed by atoms with van der Waals surface area (Å²) >= 11 is 3.58. The smallest absolute Gasteiger partial charge is 0.119 e. The van der Waals surface area contributed by atoms with Crippen LogP contribution in [0.2, 0.25) is 0 Å². The Bertz CT molecular complexity index is 377. The average molecular weight is 328 g/mol. The Balaban J connectivity index is 2.67. The third-order valence-corrected chi connectivity index (χ3v) is 4.44. The van der Waals surface area contributed by atoms with E-state index in [4.69, 9.17) is 10.5 Å². The van der Waals surface area contributed by atoms with Crippen molar-refractivity contribution in [1.82, 2.24) is 0 Å². The minimum Gasteiger partial charge on any atom is -0.493 e. The number of rotatable bonds is 8. The molecule has 1 aromatic carbocycles. The first-order chi connectivity index (χ1) is 9.10. The van der Waals surface area contributed by atoms with Crippen LogP contribution in [0.15, 0.2) is 22.7 Å². The maximum Gasteiger partial charge on any atom is 0.119 e. The van der Waals surface area contributed by atoms with Crippen molar-refractivity contribution in [2.75, 3.05) is 6.61 Å². The normalized spacial score (nSPS) is 12.7. The Labute approximate surface area is 125 Å². The lowest BCUT2D eigenvalue weighted by molar-refractivity contribution is 0.240. The lowest BCUT2D eigenvalue weighted by Crippen LogP contribution is -2.21. The summed E-state index contributed by atoms with van der Waals surface area (Å²) in [5.41, 5.74) is 7.26. The Morgan fingerprint density at radius 1 is 1.16 bits per heavy atom. The molecule has 19 heavy (non-hydrogen) atoms. The minimum atomic E-state index is 0.214. The number of ether oxygens (including phenoxy) is 1. The van der Waals surface area contributed by atoms with Crippen LogP contribution in [-0.2, 0) is 6.42 Å². The van der Waals surface area contributed by atoms with Gasteiger partial charge >= 0.3 is 0 Å². The minimum absolute atomic E-state index is 0.214. The lowest BCUT2D eigenvalue weighted by atomic mass is 10.0. The van der Waals surface area contributed by atoms with Crippen LogP contribution in [-0.4, -0.2) is 12.6 Å². The van der Waals surface area contributed by atoms with Gasteiger partial charge in [0, 0.05) is 10.5 Å². The summed E-state index contributed by atoms with van der Waals surface area (Å²) in [4.78, 5) is 0. The van der Waals surface area contributed by atoms with Gasteiger partial charge in [0.15, 0.2) is 0 Å². The quantitative estimate of drug-likeness (QED) is 0.760. The van der Waals surface area contributed by atoms with E-state index in [9.17, 15) is 0 Å². The first kappa shape index (κ1) is 16.5. The third kappa shape index (κ3) is 5.53. The molecule has 2 N–H and O–H groups in total. The Kier molecular flexibility index (Phi) is 7.47. The SMILES string of the molecule is CCC(N)Cc1cc(OCC(CC)CC)ccc1Br. The van der Waals surface area contributed by atoms with Gasteiger partial charge in [-0.15, -0.1) is 0 Å². The summed E-state index contributed by atoms with van der Waals surface area (Å²) in [6, 6.07) is 6.40. The van der Waals surface area contributed by atoms with Crippen LogP contribution in [0, 0.1) is 5.92 Å². The van der Waals surface area contributed by atoms with Crippen molar-refractivity contribution in [2.24, 2.45) is 11.7 Å².